The number of rotatable bonds is 3. The number of nitrogens with two attached hydrogens (primary N) is 1. The molecule has 0 aromatic heterocycles. The fourth-order valence-corrected chi connectivity index (χ4v) is 2.20. The van der Waals surface area contributed by atoms with E-state index in [-0.39, 0.29) is 5.91 Å². The van der Waals surface area contributed by atoms with E-state index in [4.69, 9.17) is 17.3 Å². The molecule has 4 heteroatoms. The lowest BCUT2D eigenvalue weighted by Crippen LogP contribution is -2.28. The van der Waals surface area contributed by atoms with Crippen molar-refractivity contribution >= 4 is 23.6 Å². The van der Waals surface area contributed by atoms with Crippen LogP contribution in [-0.2, 0) is 4.79 Å². The molecule has 0 aliphatic carbocycles. The van der Waals surface area contributed by atoms with E-state index in [2.05, 4.69) is 0 Å². The highest BCUT2D eigenvalue weighted by molar-refractivity contribution is 6.30. The van der Waals surface area contributed by atoms with Crippen molar-refractivity contribution in [1.82, 2.24) is 4.90 Å². The minimum atomic E-state index is 0.0564. The number of halogens is 1. The van der Waals surface area contributed by atoms with E-state index in [1.807, 2.05) is 35.2 Å². The van der Waals surface area contributed by atoms with E-state index in [9.17, 15) is 4.79 Å². The average molecular weight is 265 g/mol. The van der Waals surface area contributed by atoms with Crippen LogP contribution in [0.1, 0.15) is 12.0 Å². The number of hydrogen-bond donors (Lipinski definition) is 1. The summed E-state index contributed by atoms with van der Waals surface area (Å²) in [7, 11) is 0. The van der Waals surface area contributed by atoms with Crippen molar-refractivity contribution in [2.45, 2.75) is 6.42 Å². The molecule has 2 rings (SSSR count). The highest BCUT2D eigenvalue weighted by Crippen LogP contribution is 2.16. The molecule has 1 aromatic rings. The van der Waals surface area contributed by atoms with Gasteiger partial charge in [0.2, 0.25) is 5.91 Å². The van der Waals surface area contributed by atoms with E-state index in [0.29, 0.717) is 17.5 Å². The molecule has 0 unspecified atom stereocenters. The molecule has 1 saturated heterocycles. The fourth-order valence-electron chi connectivity index (χ4n) is 2.07. The number of nitrogens with zero attached hydrogens (tertiary/aromatic N) is 1. The second-order valence-electron chi connectivity index (χ2n) is 4.56. The molecular formula is C14H17ClN2O. The van der Waals surface area contributed by atoms with Gasteiger partial charge in [-0.3, -0.25) is 4.79 Å². The molecule has 18 heavy (non-hydrogen) atoms. The van der Waals surface area contributed by atoms with Crippen molar-refractivity contribution in [2.75, 3.05) is 19.6 Å². The van der Waals surface area contributed by atoms with Crippen LogP contribution in [-0.4, -0.2) is 30.4 Å². The second kappa shape index (κ2) is 6.03. The highest BCUT2D eigenvalue weighted by Gasteiger charge is 2.23. The summed E-state index contributed by atoms with van der Waals surface area (Å²) in [6, 6.07) is 7.40. The lowest BCUT2D eigenvalue weighted by Gasteiger charge is -2.13. The minimum Gasteiger partial charge on any atom is -0.339 e. The maximum atomic E-state index is 11.9. The van der Waals surface area contributed by atoms with Crippen molar-refractivity contribution < 1.29 is 4.79 Å². The van der Waals surface area contributed by atoms with Gasteiger partial charge in [0.05, 0.1) is 0 Å². The molecule has 1 heterocycles. The summed E-state index contributed by atoms with van der Waals surface area (Å²) in [5, 5.41) is 0.698. The topological polar surface area (TPSA) is 46.3 Å². The fraction of sp³-hybridized carbons (Fsp3) is 0.357. The van der Waals surface area contributed by atoms with Crippen LogP contribution < -0.4 is 5.73 Å². The second-order valence-corrected chi connectivity index (χ2v) is 5.00. The van der Waals surface area contributed by atoms with E-state index >= 15 is 0 Å². The van der Waals surface area contributed by atoms with E-state index in [1.54, 1.807) is 6.08 Å². The maximum absolute atomic E-state index is 11.9. The van der Waals surface area contributed by atoms with Crippen LogP contribution in [0.5, 0.6) is 0 Å². The zero-order valence-corrected chi connectivity index (χ0v) is 10.9. The zero-order valence-electron chi connectivity index (χ0n) is 10.2. The molecule has 0 radical (unpaired) electrons. The number of likely N-dealkylation sites (tertiary alicyclic amines) is 1. The van der Waals surface area contributed by atoms with Gasteiger partial charge in [-0.2, -0.15) is 0 Å². The zero-order chi connectivity index (χ0) is 13.0. The smallest absolute Gasteiger partial charge is 0.246 e. The molecule has 3 nitrogen and oxygen atoms in total. The number of carbonyl (C=O) groups is 1. The summed E-state index contributed by atoms with van der Waals surface area (Å²) in [5.74, 6) is 0.513. The van der Waals surface area contributed by atoms with Crippen molar-refractivity contribution in [3.63, 3.8) is 0 Å². The largest absolute Gasteiger partial charge is 0.339 e. The number of amides is 1. The van der Waals surface area contributed by atoms with Crippen molar-refractivity contribution in [3.8, 4) is 0 Å². The first-order valence-electron chi connectivity index (χ1n) is 6.11. The Morgan fingerprint density at radius 3 is 2.78 bits per heavy atom. The molecule has 1 atom stereocenters. The van der Waals surface area contributed by atoms with Gasteiger partial charge in [0.1, 0.15) is 0 Å². The van der Waals surface area contributed by atoms with E-state index in [1.165, 1.54) is 0 Å². The molecule has 1 fully saturated rings. The summed E-state index contributed by atoms with van der Waals surface area (Å²) >= 11 is 5.80. The molecule has 1 aliphatic rings. The Morgan fingerprint density at radius 2 is 2.17 bits per heavy atom. The monoisotopic (exact) mass is 264 g/mol. The third-order valence-electron chi connectivity index (χ3n) is 3.22. The van der Waals surface area contributed by atoms with Crippen LogP contribution >= 0.6 is 11.6 Å². The third-order valence-corrected chi connectivity index (χ3v) is 3.47. The summed E-state index contributed by atoms with van der Waals surface area (Å²) in [5.41, 5.74) is 6.58. The molecule has 0 saturated carbocycles. The van der Waals surface area contributed by atoms with Crippen LogP contribution in [0.4, 0.5) is 0 Å². The van der Waals surface area contributed by atoms with Gasteiger partial charge in [0.25, 0.3) is 0 Å². The van der Waals surface area contributed by atoms with Gasteiger partial charge in [-0.1, -0.05) is 23.7 Å². The molecule has 96 valence electrons. The highest BCUT2D eigenvalue weighted by atomic mass is 35.5. The van der Waals surface area contributed by atoms with Crippen molar-refractivity contribution in [3.05, 3.63) is 40.9 Å². The van der Waals surface area contributed by atoms with Gasteiger partial charge < -0.3 is 10.6 Å². The van der Waals surface area contributed by atoms with Crippen molar-refractivity contribution in [2.24, 2.45) is 11.7 Å². The number of carbonyl (C=O) groups excluding carboxylic acids is 1. The Bertz CT molecular complexity index is 442. The lowest BCUT2D eigenvalue weighted by atomic mass is 10.1. The quantitative estimate of drug-likeness (QED) is 0.851. The molecule has 2 N–H and O–H groups in total. The van der Waals surface area contributed by atoms with Crippen molar-refractivity contribution in [1.29, 1.82) is 0 Å². The molecule has 0 bridgehead atoms. The van der Waals surface area contributed by atoms with Gasteiger partial charge in [-0.05, 0) is 42.7 Å². The van der Waals surface area contributed by atoms with Gasteiger partial charge in [-0.25, -0.2) is 0 Å². The predicted octanol–water partition coefficient (Wildman–Crippen LogP) is 2.16. The van der Waals surface area contributed by atoms with Crippen LogP contribution in [0.25, 0.3) is 6.08 Å². The first-order chi connectivity index (χ1) is 8.69. The van der Waals surface area contributed by atoms with Gasteiger partial charge in [0, 0.05) is 24.2 Å². The summed E-state index contributed by atoms with van der Waals surface area (Å²) in [6.45, 7) is 2.25. The Kier molecular flexibility index (Phi) is 4.39. The molecule has 1 amide bonds. The van der Waals surface area contributed by atoms with Crippen LogP contribution in [0.3, 0.4) is 0 Å². The summed E-state index contributed by atoms with van der Waals surface area (Å²) < 4.78 is 0. The summed E-state index contributed by atoms with van der Waals surface area (Å²) in [4.78, 5) is 13.8. The normalized spacial score (nSPS) is 19.7. The van der Waals surface area contributed by atoms with Gasteiger partial charge in [-0.15, -0.1) is 0 Å². The molecular weight excluding hydrogens is 248 g/mol. The Balaban J connectivity index is 1.93. The minimum absolute atomic E-state index is 0.0564. The number of hydrogen-bond acceptors (Lipinski definition) is 2. The first-order valence-corrected chi connectivity index (χ1v) is 6.49. The molecule has 1 aliphatic heterocycles. The van der Waals surface area contributed by atoms with Gasteiger partial charge >= 0.3 is 0 Å². The summed E-state index contributed by atoms with van der Waals surface area (Å²) in [6.07, 6.45) is 4.44. The Labute approximate surface area is 112 Å². The third kappa shape index (κ3) is 3.34. The van der Waals surface area contributed by atoms with Gasteiger partial charge in [0.15, 0.2) is 0 Å². The lowest BCUT2D eigenvalue weighted by molar-refractivity contribution is -0.125. The first kappa shape index (κ1) is 13.1. The SMILES string of the molecule is NC[C@@H]1CCN(C(=O)/C=C/c2ccc(Cl)cc2)C1. The predicted molar refractivity (Wildman–Crippen MR) is 74.2 cm³/mol. The van der Waals surface area contributed by atoms with Crippen LogP contribution in [0, 0.1) is 5.92 Å². The Morgan fingerprint density at radius 1 is 1.44 bits per heavy atom. The molecule has 1 aromatic carbocycles. The molecule has 0 spiro atoms. The van der Waals surface area contributed by atoms with E-state index < -0.39 is 0 Å². The Hall–Kier alpha value is -1.32. The van der Waals surface area contributed by atoms with Crippen LogP contribution in [0.2, 0.25) is 5.02 Å². The van der Waals surface area contributed by atoms with E-state index in [0.717, 1.165) is 25.1 Å². The average Bonchev–Trinajstić information content (AvgIpc) is 2.86. The number of benzene rings is 1. The maximum Gasteiger partial charge on any atom is 0.246 e. The standard InChI is InChI=1S/C14H17ClN2O/c15-13-4-1-11(2-5-13)3-6-14(18)17-8-7-12(9-16)10-17/h1-6,12H,7-10,16H2/b6-3+/t12-/m0/s1. The van der Waals surface area contributed by atoms with Crippen LogP contribution in [0.15, 0.2) is 30.3 Å².